The van der Waals surface area contributed by atoms with E-state index in [1.807, 2.05) is 54.6 Å². The molecule has 0 saturated heterocycles. The molecule has 2 amide bonds. The number of aldehydes is 1. The maximum Gasteiger partial charge on any atom is 0.416 e. The van der Waals surface area contributed by atoms with E-state index < -0.39 is 35.2 Å². The first-order valence-electron chi connectivity index (χ1n) is 15.6. The van der Waals surface area contributed by atoms with E-state index in [0.717, 1.165) is 21.5 Å². The van der Waals surface area contributed by atoms with Crippen LogP contribution in [0, 0.1) is 0 Å². The number of ether oxygens (including phenoxy) is 3. The summed E-state index contributed by atoms with van der Waals surface area (Å²) >= 11 is 0. The van der Waals surface area contributed by atoms with Crippen molar-refractivity contribution in [2.24, 2.45) is 0 Å². The number of rotatable bonds is 10. The van der Waals surface area contributed by atoms with Crippen LogP contribution in [0.5, 0.6) is 11.5 Å². The van der Waals surface area contributed by atoms with Gasteiger partial charge in [0.15, 0.2) is 13.1 Å². The molecular weight excluding hydrogens is 690 g/mol. The van der Waals surface area contributed by atoms with Gasteiger partial charge in [0.2, 0.25) is 0 Å². The summed E-state index contributed by atoms with van der Waals surface area (Å²) in [4.78, 5) is 25.0. The van der Waals surface area contributed by atoms with Gasteiger partial charge in [0.1, 0.15) is 18.1 Å². The van der Waals surface area contributed by atoms with Crippen LogP contribution in [0.3, 0.4) is 0 Å². The molecule has 6 aromatic rings. The fraction of sp³-hybridized carbons (Fsp3) is 0.128. The third kappa shape index (κ3) is 7.79. The first-order chi connectivity index (χ1) is 24.9. The minimum absolute atomic E-state index is 0.0232. The zero-order valence-corrected chi connectivity index (χ0v) is 27.2. The highest BCUT2D eigenvalue weighted by Gasteiger charge is 2.37. The number of carbonyl (C=O) groups excluding carboxylic acids is 2. The number of methoxy groups -OCH3 is 1. The molecule has 266 valence electrons. The van der Waals surface area contributed by atoms with Crippen molar-refractivity contribution in [2.75, 3.05) is 24.5 Å². The molecule has 0 aliphatic heterocycles. The van der Waals surface area contributed by atoms with Crippen LogP contribution in [-0.4, -0.2) is 26.2 Å². The lowest BCUT2D eigenvalue weighted by Crippen LogP contribution is -2.21. The molecule has 2 N–H and O–H groups in total. The van der Waals surface area contributed by atoms with Crippen LogP contribution in [0.2, 0.25) is 0 Å². The lowest BCUT2D eigenvalue weighted by atomic mass is 9.90. The van der Waals surface area contributed by atoms with E-state index >= 15 is 0 Å². The Morgan fingerprint density at radius 2 is 1.31 bits per heavy atom. The van der Waals surface area contributed by atoms with Gasteiger partial charge in [0, 0.05) is 29.6 Å². The van der Waals surface area contributed by atoms with E-state index in [1.165, 1.54) is 13.2 Å². The van der Waals surface area contributed by atoms with Crippen molar-refractivity contribution < 1.29 is 50.1 Å². The van der Waals surface area contributed by atoms with E-state index in [4.69, 9.17) is 14.2 Å². The van der Waals surface area contributed by atoms with Crippen LogP contribution in [0.15, 0.2) is 109 Å². The maximum absolute atomic E-state index is 13.3. The van der Waals surface area contributed by atoms with Gasteiger partial charge in [-0.1, -0.05) is 66.7 Å². The van der Waals surface area contributed by atoms with Crippen molar-refractivity contribution in [1.82, 2.24) is 0 Å². The topological polar surface area (TPSA) is 85.9 Å². The predicted octanol–water partition coefficient (Wildman–Crippen LogP) is 10.7. The second-order valence-electron chi connectivity index (χ2n) is 11.6. The van der Waals surface area contributed by atoms with Gasteiger partial charge in [-0.3, -0.25) is 4.79 Å². The van der Waals surface area contributed by atoms with Crippen LogP contribution in [0.4, 0.5) is 42.5 Å². The van der Waals surface area contributed by atoms with Gasteiger partial charge >= 0.3 is 18.4 Å². The third-order valence-electron chi connectivity index (χ3n) is 8.04. The first kappa shape index (κ1) is 35.7. The summed E-state index contributed by atoms with van der Waals surface area (Å²) in [5.74, 6) is 0.743. The SMILES string of the molecule is COCOc1c(C=O)cc2ccccc2c1-c1c(OCc2cccc(NC(=O)Nc3cc(C(F)(F)F)cc(C(F)(F)F)c3)c2)ccc2ccccc12. The molecule has 6 rings (SSSR count). The van der Waals surface area contributed by atoms with E-state index in [9.17, 15) is 35.9 Å². The van der Waals surface area contributed by atoms with E-state index in [2.05, 4.69) is 10.6 Å². The predicted molar refractivity (Wildman–Crippen MR) is 185 cm³/mol. The first-order valence-corrected chi connectivity index (χ1v) is 15.6. The average Bonchev–Trinajstić information content (AvgIpc) is 3.11. The second-order valence-corrected chi connectivity index (χ2v) is 11.6. The van der Waals surface area contributed by atoms with Crippen molar-refractivity contribution in [3.63, 3.8) is 0 Å². The molecule has 0 aromatic heterocycles. The highest BCUT2D eigenvalue weighted by atomic mass is 19.4. The van der Waals surface area contributed by atoms with Crippen LogP contribution in [0.1, 0.15) is 27.0 Å². The van der Waals surface area contributed by atoms with Gasteiger partial charge in [0.05, 0.1) is 16.7 Å². The normalized spacial score (nSPS) is 11.8. The van der Waals surface area contributed by atoms with Crippen molar-refractivity contribution >= 4 is 45.2 Å². The summed E-state index contributed by atoms with van der Waals surface area (Å²) in [5.41, 5.74) is -1.49. The molecule has 0 aliphatic carbocycles. The van der Waals surface area contributed by atoms with E-state index in [1.54, 1.807) is 30.3 Å². The Morgan fingerprint density at radius 3 is 1.96 bits per heavy atom. The Labute approximate surface area is 292 Å². The summed E-state index contributed by atoms with van der Waals surface area (Å²) < 4.78 is 97.4. The van der Waals surface area contributed by atoms with Gasteiger partial charge in [-0.2, -0.15) is 26.3 Å². The van der Waals surface area contributed by atoms with E-state index in [0.29, 0.717) is 52.2 Å². The largest absolute Gasteiger partial charge is 0.488 e. The van der Waals surface area contributed by atoms with Crippen molar-refractivity contribution in [1.29, 1.82) is 0 Å². The number of nitrogens with one attached hydrogen (secondary N) is 2. The molecule has 7 nitrogen and oxygen atoms in total. The number of carbonyl (C=O) groups is 2. The van der Waals surface area contributed by atoms with Gasteiger partial charge in [0.25, 0.3) is 0 Å². The lowest BCUT2D eigenvalue weighted by Gasteiger charge is -2.21. The summed E-state index contributed by atoms with van der Waals surface area (Å²) in [6.45, 7) is -0.150. The minimum atomic E-state index is -5.07. The Hall–Kier alpha value is -6.08. The smallest absolute Gasteiger partial charge is 0.416 e. The molecule has 0 atom stereocenters. The van der Waals surface area contributed by atoms with Crippen molar-refractivity contribution in [3.8, 4) is 22.6 Å². The van der Waals surface area contributed by atoms with Crippen molar-refractivity contribution in [3.05, 3.63) is 131 Å². The molecule has 52 heavy (non-hydrogen) atoms. The molecule has 0 bridgehead atoms. The standard InChI is InChI=1S/C39H28F6N2O5/c1-50-22-52-36-26(20-48)16-25-9-3-5-12-32(25)35(36)34-31-11-4-2-8-24(31)13-14-33(34)51-21-23-7-6-10-29(15-23)46-37(49)47-30-18-27(38(40,41)42)17-28(19-30)39(43,44)45/h2-20H,21-22H2,1H3,(H2,46,47,49). The summed E-state index contributed by atoms with van der Waals surface area (Å²) in [7, 11) is 1.47. The highest BCUT2D eigenvalue weighted by molar-refractivity contribution is 6.12. The van der Waals surface area contributed by atoms with Gasteiger partial charge in [-0.25, -0.2) is 4.79 Å². The van der Waals surface area contributed by atoms with Gasteiger partial charge in [-0.05, 0) is 69.6 Å². The summed E-state index contributed by atoms with van der Waals surface area (Å²) in [5, 5.41) is 7.78. The molecular formula is C39H28F6N2O5. The molecule has 0 fully saturated rings. The third-order valence-corrected chi connectivity index (χ3v) is 8.04. The summed E-state index contributed by atoms with van der Waals surface area (Å²) in [6.07, 6.45) is -9.43. The average molecular weight is 719 g/mol. The van der Waals surface area contributed by atoms with Crippen LogP contribution >= 0.6 is 0 Å². The number of alkyl halides is 6. The van der Waals surface area contributed by atoms with Crippen molar-refractivity contribution in [2.45, 2.75) is 19.0 Å². The molecule has 0 radical (unpaired) electrons. The zero-order valence-electron chi connectivity index (χ0n) is 27.2. The molecule has 0 aliphatic rings. The van der Waals surface area contributed by atoms with Crippen LogP contribution < -0.4 is 20.1 Å². The van der Waals surface area contributed by atoms with Crippen LogP contribution in [-0.2, 0) is 23.7 Å². The fourth-order valence-electron chi connectivity index (χ4n) is 5.81. The number of halogens is 6. The summed E-state index contributed by atoms with van der Waals surface area (Å²) in [6, 6.07) is 26.7. The number of fused-ring (bicyclic) bond motifs is 2. The second kappa shape index (κ2) is 14.6. The minimum Gasteiger partial charge on any atom is -0.488 e. The Balaban J connectivity index is 1.31. The number of anilines is 2. The molecule has 0 heterocycles. The molecule has 0 spiro atoms. The number of benzene rings is 6. The molecule has 13 heteroatoms. The quantitative estimate of drug-likeness (QED) is 0.0837. The number of hydrogen-bond acceptors (Lipinski definition) is 5. The maximum atomic E-state index is 13.3. The van der Waals surface area contributed by atoms with E-state index in [-0.39, 0.29) is 25.2 Å². The Kier molecular flexibility index (Phi) is 10.1. The zero-order chi connectivity index (χ0) is 37.0. The number of amides is 2. The molecule has 0 unspecified atom stereocenters. The van der Waals surface area contributed by atoms with Gasteiger partial charge in [-0.15, -0.1) is 0 Å². The molecule has 6 aromatic carbocycles. The highest BCUT2D eigenvalue weighted by Crippen LogP contribution is 2.47. The number of hydrogen-bond donors (Lipinski definition) is 2. The fourth-order valence-corrected chi connectivity index (χ4v) is 5.81. The monoisotopic (exact) mass is 718 g/mol. The van der Waals surface area contributed by atoms with Crippen LogP contribution in [0.25, 0.3) is 32.7 Å². The molecule has 0 saturated carbocycles. The Bertz CT molecular complexity index is 2260. The van der Waals surface area contributed by atoms with Gasteiger partial charge < -0.3 is 24.8 Å². The Morgan fingerprint density at radius 1 is 0.673 bits per heavy atom. The number of urea groups is 1. The lowest BCUT2D eigenvalue weighted by molar-refractivity contribution is -0.143.